The summed E-state index contributed by atoms with van der Waals surface area (Å²) in [7, 11) is 0. The predicted octanol–water partition coefficient (Wildman–Crippen LogP) is 1.72. The van der Waals surface area contributed by atoms with Gasteiger partial charge in [-0.25, -0.2) is 4.79 Å². The lowest BCUT2D eigenvalue weighted by Gasteiger charge is -2.22. The molecule has 3 rings (SSSR count). The fourth-order valence-electron chi connectivity index (χ4n) is 3.80. The van der Waals surface area contributed by atoms with Crippen LogP contribution >= 0.6 is 0 Å². The van der Waals surface area contributed by atoms with Gasteiger partial charge in [-0.05, 0) is 43.9 Å². The second-order valence-electron chi connectivity index (χ2n) is 5.10. The number of Topliss-reactive ketones (excluding diaryl/α,β-unsaturated/α-hetero) is 1. The fourth-order valence-corrected chi connectivity index (χ4v) is 3.80. The highest BCUT2D eigenvalue weighted by Crippen LogP contribution is 2.56. The van der Waals surface area contributed by atoms with Gasteiger partial charge in [0.05, 0.1) is 12.2 Å². The maximum Gasteiger partial charge on any atom is 0.341 e. The van der Waals surface area contributed by atoms with Gasteiger partial charge in [0.25, 0.3) is 0 Å². The van der Waals surface area contributed by atoms with Crippen LogP contribution < -0.4 is 0 Å². The zero-order valence-corrected chi connectivity index (χ0v) is 9.44. The van der Waals surface area contributed by atoms with Gasteiger partial charge in [0.15, 0.2) is 5.78 Å². The number of hydrogen-bond acceptors (Lipinski definition) is 3. The molecule has 3 aliphatic carbocycles. The minimum Gasteiger partial charge on any atom is -0.462 e. The van der Waals surface area contributed by atoms with Gasteiger partial charge in [0.1, 0.15) is 0 Å². The first kappa shape index (κ1) is 10.1. The third kappa shape index (κ3) is 1.20. The van der Waals surface area contributed by atoms with Gasteiger partial charge in [-0.15, -0.1) is 0 Å². The summed E-state index contributed by atoms with van der Waals surface area (Å²) in [4.78, 5) is 23.7. The molecule has 0 unspecified atom stereocenters. The number of carbonyl (C=O) groups is 2. The van der Waals surface area contributed by atoms with Crippen LogP contribution in [0.1, 0.15) is 26.2 Å². The molecule has 2 fully saturated rings. The lowest BCUT2D eigenvalue weighted by molar-refractivity contribution is -0.140. The number of fused-ring (bicyclic) bond motifs is 5. The van der Waals surface area contributed by atoms with E-state index in [2.05, 4.69) is 0 Å². The molecule has 3 aliphatic rings. The molecule has 0 saturated heterocycles. The van der Waals surface area contributed by atoms with Crippen LogP contribution in [0, 0.1) is 23.7 Å². The van der Waals surface area contributed by atoms with E-state index in [1.54, 1.807) is 6.92 Å². The lowest BCUT2D eigenvalue weighted by atomic mass is 9.81. The van der Waals surface area contributed by atoms with E-state index in [-0.39, 0.29) is 11.7 Å². The molecule has 0 aromatic carbocycles. The highest BCUT2D eigenvalue weighted by molar-refractivity contribution is 6.20. The average Bonchev–Trinajstić information content (AvgIpc) is 2.90. The van der Waals surface area contributed by atoms with E-state index in [0.717, 1.165) is 0 Å². The molecule has 2 saturated carbocycles. The molecule has 86 valence electrons. The largest absolute Gasteiger partial charge is 0.462 e. The van der Waals surface area contributed by atoms with Crippen molar-refractivity contribution in [2.75, 3.05) is 6.61 Å². The van der Waals surface area contributed by atoms with Crippen LogP contribution in [-0.2, 0) is 14.3 Å². The number of carbonyl (C=O) groups excluding carboxylic acids is 2. The Morgan fingerprint density at radius 2 is 2.19 bits per heavy atom. The molecule has 4 atom stereocenters. The normalized spacial score (nSPS) is 39.8. The van der Waals surface area contributed by atoms with Crippen LogP contribution in [-0.4, -0.2) is 18.4 Å². The minimum absolute atomic E-state index is 0.0515. The average molecular weight is 220 g/mol. The van der Waals surface area contributed by atoms with Crippen molar-refractivity contribution in [2.45, 2.75) is 26.2 Å². The van der Waals surface area contributed by atoms with Gasteiger partial charge in [-0.3, -0.25) is 4.79 Å². The Kier molecular flexibility index (Phi) is 2.16. The SMILES string of the molecule is CCOC(=O)C1=C[C@H]2[C@@H]3CC[C@@H](C3)[C@H]2C1=O. The highest BCUT2D eigenvalue weighted by Gasteiger charge is 2.54. The topological polar surface area (TPSA) is 43.4 Å². The van der Waals surface area contributed by atoms with Gasteiger partial charge < -0.3 is 4.74 Å². The van der Waals surface area contributed by atoms with Crippen molar-refractivity contribution in [3.05, 3.63) is 11.6 Å². The first-order chi connectivity index (χ1) is 7.72. The van der Waals surface area contributed by atoms with Crippen molar-refractivity contribution in [3.63, 3.8) is 0 Å². The summed E-state index contributed by atoms with van der Waals surface area (Å²) in [6.07, 6.45) is 5.48. The van der Waals surface area contributed by atoms with Gasteiger partial charge in [0, 0.05) is 5.92 Å². The summed E-state index contributed by atoms with van der Waals surface area (Å²) < 4.78 is 4.92. The summed E-state index contributed by atoms with van der Waals surface area (Å²) in [6, 6.07) is 0. The van der Waals surface area contributed by atoms with E-state index in [0.29, 0.717) is 29.9 Å². The molecule has 0 radical (unpaired) electrons. The standard InChI is InChI=1S/C13H16O3/c1-2-16-13(15)10-6-9-7-3-4-8(5-7)11(9)12(10)14/h6-9,11H,2-5H2,1H3/t7-,8+,9+,11-/m1/s1. The smallest absolute Gasteiger partial charge is 0.341 e. The molecule has 0 aromatic heterocycles. The van der Waals surface area contributed by atoms with Crippen molar-refractivity contribution >= 4 is 11.8 Å². The summed E-state index contributed by atoms with van der Waals surface area (Å²) in [5.41, 5.74) is 0.327. The minimum atomic E-state index is -0.415. The van der Waals surface area contributed by atoms with Crippen LogP contribution in [0.3, 0.4) is 0 Å². The molecular formula is C13H16O3. The summed E-state index contributed by atoms with van der Waals surface area (Å²) in [6.45, 7) is 2.11. The second kappa shape index (κ2) is 3.44. The molecule has 3 nitrogen and oxygen atoms in total. The van der Waals surface area contributed by atoms with Crippen molar-refractivity contribution in [3.8, 4) is 0 Å². The Labute approximate surface area is 94.8 Å². The van der Waals surface area contributed by atoms with E-state index in [1.807, 2.05) is 6.08 Å². The molecule has 0 spiro atoms. The first-order valence-corrected chi connectivity index (χ1v) is 6.15. The Morgan fingerprint density at radius 1 is 1.44 bits per heavy atom. The van der Waals surface area contributed by atoms with Crippen molar-refractivity contribution < 1.29 is 14.3 Å². The van der Waals surface area contributed by atoms with Crippen LogP contribution in [0.15, 0.2) is 11.6 Å². The third-order valence-electron chi connectivity index (χ3n) is 4.40. The molecule has 16 heavy (non-hydrogen) atoms. The van der Waals surface area contributed by atoms with E-state index >= 15 is 0 Å². The number of esters is 1. The van der Waals surface area contributed by atoms with Crippen LogP contribution in [0.4, 0.5) is 0 Å². The van der Waals surface area contributed by atoms with Crippen molar-refractivity contribution in [1.82, 2.24) is 0 Å². The number of allylic oxidation sites excluding steroid dienone is 1. The quantitative estimate of drug-likeness (QED) is 0.525. The van der Waals surface area contributed by atoms with Crippen molar-refractivity contribution in [1.29, 1.82) is 0 Å². The van der Waals surface area contributed by atoms with Gasteiger partial charge >= 0.3 is 5.97 Å². The zero-order valence-electron chi connectivity index (χ0n) is 9.44. The number of ketones is 1. The lowest BCUT2D eigenvalue weighted by Crippen LogP contribution is -2.25. The van der Waals surface area contributed by atoms with Gasteiger partial charge in [-0.2, -0.15) is 0 Å². The van der Waals surface area contributed by atoms with Crippen LogP contribution in [0.2, 0.25) is 0 Å². The molecule has 0 aliphatic heterocycles. The monoisotopic (exact) mass is 220 g/mol. The van der Waals surface area contributed by atoms with Crippen LogP contribution in [0.5, 0.6) is 0 Å². The molecule has 3 heteroatoms. The fraction of sp³-hybridized carbons (Fsp3) is 0.692. The maximum atomic E-state index is 12.1. The van der Waals surface area contributed by atoms with Gasteiger partial charge in [0.2, 0.25) is 0 Å². The Bertz CT molecular complexity index is 383. The summed E-state index contributed by atoms with van der Waals surface area (Å²) in [5.74, 6) is 1.26. The van der Waals surface area contributed by atoms with Gasteiger partial charge in [-0.1, -0.05) is 6.08 Å². The van der Waals surface area contributed by atoms with E-state index in [1.165, 1.54) is 19.3 Å². The Morgan fingerprint density at radius 3 is 2.88 bits per heavy atom. The Hall–Kier alpha value is -1.12. The summed E-state index contributed by atoms with van der Waals surface area (Å²) in [5, 5.41) is 0. The molecular weight excluding hydrogens is 204 g/mol. The zero-order chi connectivity index (χ0) is 11.3. The van der Waals surface area contributed by atoms with Crippen molar-refractivity contribution in [2.24, 2.45) is 23.7 Å². The molecule has 2 bridgehead atoms. The molecule has 0 amide bonds. The number of hydrogen-bond donors (Lipinski definition) is 0. The molecule has 0 aromatic rings. The number of ether oxygens (including phenoxy) is 1. The molecule has 0 N–H and O–H groups in total. The summed E-state index contributed by atoms with van der Waals surface area (Å²) >= 11 is 0. The molecule has 0 heterocycles. The predicted molar refractivity (Wildman–Crippen MR) is 57.5 cm³/mol. The van der Waals surface area contributed by atoms with E-state index in [9.17, 15) is 9.59 Å². The maximum absolute atomic E-state index is 12.1. The third-order valence-corrected chi connectivity index (χ3v) is 4.40. The Balaban J connectivity index is 1.85. The first-order valence-electron chi connectivity index (χ1n) is 6.15. The van der Waals surface area contributed by atoms with E-state index < -0.39 is 5.97 Å². The second-order valence-corrected chi connectivity index (χ2v) is 5.10. The van der Waals surface area contributed by atoms with Crippen LogP contribution in [0.25, 0.3) is 0 Å². The van der Waals surface area contributed by atoms with E-state index in [4.69, 9.17) is 4.74 Å². The highest BCUT2D eigenvalue weighted by atomic mass is 16.5. The number of rotatable bonds is 2.